The molecular formula is C57H77N7O13. The molecule has 7 heterocycles. The average Bonchev–Trinajstić information content (AvgIpc) is 4.09. The number of carbonyl (C=O) groups is 4. The van der Waals surface area contributed by atoms with E-state index < -0.39 is 101 Å². The van der Waals surface area contributed by atoms with Crippen LogP contribution in [0.4, 0.5) is 5.69 Å². The summed E-state index contributed by atoms with van der Waals surface area (Å²) < 4.78 is 30.1. The number of phenols is 2. The van der Waals surface area contributed by atoms with Gasteiger partial charge in [-0.3, -0.25) is 34.1 Å². The van der Waals surface area contributed by atoms with E-state index in [0.717, 1.165) is 23.6 Å². The number of aryl methyl sites for hydroxylation is 2. The molecule has 5 bridgehead atoms. The molecule has 3 aromatic rings. The maximum absolute atomic E-state index is 15.0. The number of aromatic hydroxyl groups is 2. The molecule has 0 saturated carbocycles. The second kappa shape index (κ2) is 22.6. The van der Waals surface area contributed by atoms with Crippen molar-refractivity contribution in [2.24, 2.45) is 39.6 Å². The Bertz CT molecular complexity index is 2990. The lowest BCUT2D eigenvalue weighted by Gasteiger charge is -2.38. The number of Topliss-reactive ketones (excluding diaryl/α,β-unsaturated/α-hetero) is 1. The van der Waals surface area contributed by atoms with Gasteiger partial charge < -0.3 is 59.0 Å². The zero-order chi connectivity index (χ0) is 56.0. The number of phenolic OH excluding ortho intramolecular Hbond substituents is 2. The van der Waals surface area contributed by atoms with Crippen molar-refractivity contribution in [1.82, 2.24) is 19.9 Å². The number of methoxy groups -OCH3 is 1. The predicted octanol–water partition coefficient (Wildman–Crippen LogP) is 5.07. The number of nitrogens with one attached hydrogen (secondary N) is 1. The van der Waals surface area contributed by atoms with Crippen molar-refractivity contribution >= 4 is 40.0 Å². The van der Waals surface area contributed by atoms with Crippen molar-refractivity contribution in [3.05, 3.63) is 75.0 Å². The quantitative estimate of drug-likeness (QED) is 0.112. The van der Waals surface area contributed by atoms with Gasteiger partial charge in [0, 0.05) is 125 Å². The minimum absolute atomic E-state index is 0.00446. The van der Waals surface area contributed by atoms with Gasteiger partial charge in [0.2, 0.25) is 5.91 Å². The number of aliphatic hydroxyl groups is 2. The summed E-state index contributed by atoms with van der Waals surface area (Å²) in [4.78, 5) is 73.2. The fraction of sp³-hybridized carbons (Fsp3) is 0.596. The van der Waals surface area contributed by atoms with Crippen LogP contribution in [0.25, 0.3) is 10.8 Å². The summed E-state index contributed by atoms with van der Waals surface area (Å²) >= 11 is 0. The molecule has 0 aliphatic carbocycles. The van der Waals surface area contributed by atoms with Gasteiger partial charge >= 0.3 is 11.8 Å². The molecule has 2 fully saturated rings. The van der Waals surface area contributed by atoms with E-state index in [1.807, 2.05) is 13.8 Å². The zero-order valence-corrected chi connectivity index (χ0v) is 46.5. The Balaban J connectivity index is 1.13. The number of hydrogen-bond donors (Lipinski definition) is 5. The normalized spacial score (nSPS) is 29.8. The lowest BCUT2D eigenvalue weighted by Crippen LogP contribution is -2.49. The minimum Gasteiger partial charge on any atom is -0.507 e. The van der Waals surface area contributed by atoms with Crippen molar-refractivity contribution < 1.29 is 63.1 Å². The number of likely N-dealkylation sites (tertiary alicyclic amines) is 1. The molecule has 6 aliphatic heterocycles. The van der Waals surface area contributed by atoms with Crippen LogP contribution in [-0.4, -0.2) is 153 Å². The number of aromatic nitrogens is 1. The van der Waals surface area contributed by atoms with E-state index in [0.29, 0.717) is 64.6 Å². The van der Waals surface area contributed by atoms with Crippen LogP contribution in [0.3, 0.4) is 0 Å². The second-order valence-corrected chi connectivity index (χ2v) is 22.5. The number of carbonyl (C=O) groups excluding carboxylic acids is 4. The van der Waals surface area contributed by atoms with Crippen LogP contribution in [-0.2, 0) is 35.1 Å². The number of fused-ring (bicyclic) bond motifs is 13. The van der Waals surface area contributed by atoms with Gasteiger partial charge in [-0.25, -0.2) is 0 Å². The summed E-state index contributed by atoms with van der Waals surface area (Å²) in [5.41, 5.74) is 1.11. The monoisotopic (exact) mass is 1070 g/mol. The van der Waals surface area contributed by atoms with Crippen LogP contribution < -0.4 is 20.8 Å². The molecule has 20 heteroatoms. The maximum atomic E-state index is 15.0. The molecule has 0 radical (unpaired) electrons. The SMILES string of the molecule is CO[C@H]1/C=C/O[C@@]2(C)Oc3c(C)c(O)c4c(O)c(c5c(c4c3C2=O)=NC2(CCN(CC(C)C)CC2)N=5)NC(=O)/C(C)=C\C=C\[C@H](C)[C@H](O)[C@@H](C)[C@@H](O)[C@@H](C)[C@H](OC(=O)CC(=O)N2CCN(Cc3c(C)noc3C)CC2)[C@@H]1C. The van der Waals surface area contributed by atoms with Crippen LogP contribution in [0.2, 0.25) is 0 Å². The highest BCUT2D eigenvalue weighted by Crippen LogP contribution is 2.50. The van der Waals surface area contributed by atoms with Crippen LogP contribution in [0, 0.1) is 50.4 Å². The van der Waals surface area contributed by atoms with Crippen molar-refractivity contribution in [1.29, 1.82) is 0 Å². The van der Waals surface area contributed by atoms with Gasteiger partial charge in [-0.1, -0.05) is 64.9 Å². The summed E-state index contributed by atoms with van der Waals surface area (Å²) in [6.45, 7) is 24.4. The maximum Gasteiger partial charge on any atom is 0.315 e. The highest BCUT2D eigenvalue weighted by atomic mass is 16.7. The number of allylic oxidation sites excluding steroid dienone is 2. The number of piperidine rings is 1. The molecule has 418 valence electrons. The number of ether oxygens (including phenoxy) is 4. The zero-order valence-electron chi connectivity index (χ0n) is 46.5. The smallest absolute Gasteiger partial charge is 0.315 e. The third-order valence-electron chi connectivity index (χ3n) is 16.4. The molecule has 77 heavy (non-hydrogen) atoms. The van der Waals surface area contributed by atoms with E-state index in [4.69, 9.17) is 33.5 Å². The molecule has 1 spiro atoms. The number of nitrogens with zero attached hydrogens (tertiary/aromatic N) is 6. The molecule has 20 nitrogen and oxygen atoms in total. The van der Waals surface area contributed by atoms with E-state index in [9.17, 15) is 39.6 Å². The Morgan fingerprint density at radius 3 is 2.18 bits per heavy atom. The number of aliphatic hydroxyl groups excluding tert-OH is 2. The molecule has 2 saturated heterocycles. The number of anilines is 1. The lowest BCUT2D eigenvalue weighted by molar-refractivity contribution is -0.165. The standard InChI is InChI=1S/C57H77N7O13/c1-29(2)27-62-19-17-57(18-20-62)59-45-42-43-50(69)35(8)53-44(42)54(71)56(11,76-53)74-25-16-39(73-12)32(5)52(75-41(66)26-40(65)64-23-21-63(22-24-64)28-38-36(9)61-77-37(38)10)34(7)49(68)33(6)48(67)30(3)14-13-15-31(4)55(72)58-47(51(43)70)46(45)60-57/h13-16,25,29-30,32-34,39,48-49,52,67-70H,17-24,26-28H2,1-12H3,(H,58,72)/b14-13+,25-16+,31-15-/t30-,32+,33+,34+,39-,48-,49+,52+,56-/m0/s1. The highest BCUT2D eigenvalue weighted by Gasteiger charge is 2.50. The number of esters is 1. The van der Waals surface area contributed by atoms with Gasteiger partial charge in [0.1, 0.15) is 40.8 Å². The molecular weight excluding hydrogens is 991 g/mol. The summed E-state index contributed by atoms with van der Waals surface area (Å²) in [6, 6.07) is 0. The topological polar surface area (TPSA) is 259 Å². The van der Waals surface area contributed by atoms with E-state index in [-0.39, 0.29) is 49.6 Å². The lowest BCUT2D eigenvalue weighted by atomic mass is 9.78. The average molecular weight is 1070 g/mol. The number of benzene rings is 2. The molecule has 1 aromatic heterocycles. The van der Waals surface area contributed by atoms with Crippen molar-refractivity contribution in [3.8, 4) is 17.2 Å². The van der Waals surface area contributed by atoms with Crippen molar-refractivity contribution in [2.75, 3.05) is 58.2 Å². The fourth-order valence-electron chi connectivity index (χ4n) is 11.5. The van der Waals surface area contributed by atoms with Gasteiger partial charge in [-0.2, -0.15) is 0 Å². The Kier molecular flexibility index (Phi) is 16.8. The number of rotatable bonds is 8. The van der Waals surface area contributed by atoms with E-state index in [1.54, 1.807) is 64.7 Å². The largest absolute Gasteiger partial charge is 0.507 e. The number of hydrogen-bond acceptors (Lipinski definition) is 18. The first kappa shape index (κ1) is 57.0. The Morgan fingerprint density at radius 2 is 1.55 bits per heavy atom. The molecule has 9 rings (SSSR count). The summed E-state index contributed by atoms with van der Waals surface area (Å²) in [7, 11) is 1.44. The van der Waals surface area contributed by atoms with Crippen LogP contribution >= 0.6 is 0 Å². The number of piperazine rings is 1. The molecule has 9 atom stereocenters. The van der Waals surface area contributed by atoms with Gasteiger partial charge in [0.05, 0.1) is 46.6 Å². The molecule has 2 amide bonds. The summed E-state index contributed by atoms with van der Waals surface area (Å²) in [6.07, 6.45) is 3.75. The van der Waals surface area contributed by atoms with Gasteiger partial charge in [-0.15, -0.1) is 0 Å². The third-order valence-corrected chi connectivity index (χ3v) is 16.4. The van der Waals surface area contributed by atoms with Gasteiger partial charge in [0.25, 0.3) is 11.7 Å². The Morgan fingerprint density at radius 1 is 0.870 bits per heavy atom. The number of ketones is 1. The molecule has 5 N–H and O–H groups in total. The molecule has 2 aromatic carbocycles. The Hall–Kier alpha value is -6.19. The third kappa shape index (κ3) is 11.3. The van der Waals surface area contributed by atoms with Gasteiger partial charge in [-0.05, 0) is 39.7 Å². The number of amides is 2. The van der Waals surface area contributed by atoms with Gasteiger partial charge in [0.15, 0.2) is 11.4 Å². The summed E-state index contributed by atoms with van der Waals surface area (Å²) in [5.74, 6) is -7.10. The predicted molar refractivity (Wildman–Crippen MR) is 284 cm³/mol. The van der Waals surface area contributed by atoms with E-state index in [2.05, 4.69) is 34.1 Å². The van der Waals surface area contributed by atoms with Crippen molar-refractivity contribution in [3.63, 3.8) is 0 Å². The first-order chi connectivity index (χ1) is 36.4. The van der Waals surface area contributed by atoms with Crippen molar-refractivity contribution in [2.45, 2.75) is 138 Å². The van der Waals surface area contributed by atoms with E-state index >= 15 is 0 Å². The van der Waals surface area contributed by atoms with E-state index in [1.165, 1.54) is 26.4 Å². The van der Waals surface area contributed by atoms with Crippen LogP contribution in [0.1, 0.15) is 108 Å². The molecule has 0 unspecified atom stereocenters. The van der Waals surface area contributed by atoms with Crippen LogP contribution in [0.15, 0.2) is 50.6 Å². The second-order valence-electron chi connectivity index (χ2n) is 22.5. The Labute approximate surface area is 449 Å². The first-order valence-corrected chi connectivity index (χ1v) is 26.9. The fourth-order valence-corrected chi connectivity index (χ4v) is 11.5. The summed E-state index contributed by atoms with van der Waals surface area (Å²) in [5, 5.41) is 55.2. The van der Waals surface area contributed by atoms with Crippen LogP contribution in [0.5, 0.6) is 17.2 Å². The first-order valence-electron chi connectivity index (χ1n) is 26.9. The molecule has 6 aliphatic rings. The highest BCUT2D eigenvalue weighted by molar-refractivity contribution is 6.19. The minimum atomic E-state index is -2.03.